The number of hydrogen-bond donors (Lipinski definition) is 0. The molecule has 0 radical (unpaired) electrons. The summed E-state index contributed by atoms with van der Waals surface area (Å²) in [5.74, 6) is 0.908. The molecule has 2 heterocycles. The van der Waals surface area contributed by atoms with Crippen molar-refractivity contribution in [2.75, 3.05) is 39.8 Å². The van der Waals surface area contributed by atoms with Gasteiger partial charge in [0.1, 0.15) is 5.75 Å². The molecular weight excluding hydrogens is 316 g/mol. The highest BCUT2D eigenvalue weighted by molar-refractivity contribution is 7.09. The molecule has 0 atom stereocenters. The normalized spacial score (nSPS) is 17.2. The van der Waals surface area contributed by atoms with Crippen LogP contribution in [0, 0.1) is 0 Å². The van der Waals surface area contributed by atoms with E-state index in [4.69, 9.17) is 4.74 Å². The molecule has 128 valence electrons. The lowest BCUT2D eigenvalue weighted by atomic mass is 10.2. The summed E-state index contributed by atoms with van der Waals surface area (Å²) in [7, 11) is 1.70. The van der Waals surface area contributed by atoms with Crippen LogP contribution in [0.5, 0.6) is 5.75 Å². The quantitative estimate of drug-likeness (QED) is 0.790. The van der Waals surface area contributed by atoms with Crippen molar-refractivity contribution in [3.05, 3.63) is 58.3 Å². The van der Waals surface area contributed by atoms with E-state index in [2.05, 4.69) is 51.6 Å². The van der Waals surface area contributed by atoms with Crippen LogP contribution < -0.4 is 4.74 Å². The SMILES string of the molecule is COc1ccc(C=CCN2CCCN(Cc3cccs3)CC2)cc1. The van der Waals surface area contributed by atoms with Gasteiger partial charge in [-0.25, -0.2) is 0 Å². The van der Waals surface area contributed by atoms with Crippen molar-refractivity contribution in [1.82, 2.24) is 9.80 Å². The molecule has 1 saturated heterocycles. The summed E-state index contributed by atoms with van der Waals surface area (Å²) in [4.78, 5) is 6.61. The van der Waals surface area contributed by atoms with E-state index in [0.29, 0.717) is 0 Å². The molecule has 0 aliphatic carbocycles. The molecule has 3 nitrogen and oxygen atoms in total. The topological polar surface area (TPSA) is 15.7 Å². The predicted molar refractivity (Wildman–Crippen MR) is 103 cm³/mol. The van der Waals surface area contributed by atoms with Crippen molar-refractivity contribution in [2.45, 2.75) is 13.0 Å². The lowest BCUT2D eigenvalue weighted by Crippen LogP contribution is -2.30. The van der Waals surface area contributed by atoms with E-state index in [1.165, 1.54) is 30.0 Å². The Morgan fingerprint density at radius 2 is 1.83 bits per heavy atom. The van der Waals surface area contributed by atoms with E-state index >= 15 is 0 Å². The van der Waals surface area contributed by atoms with Gasteiger partial charge in [0.25, 0.3) is 0 Å². The van der Waals surface area contributed by atoms with Gasteiger partial charge in [-0.3, -0.25) is 9.80 Å². The fraction of sp³-hybridized carbons (Fsp3) is 0.400. The zero-order valence-corrected chi connectivity index (χ0v) is 15.2. The second kappa shape index (κ2) is 9.02. The number of nitrogens with zero attached hydrogens (tertiary/aromatic N) is 2. The maximum Gasteiger partial charge on any atom is 0.118 e. The van der Waals surface area contributed by atoms with Gasteiger partial charge in [-0.15, -0.1) is 11.3 Å². The number of thiophene rings is 1. The summed E-state index contributed by atoms with van der Waals surface area (Å²) in [5.41, 5.74) is 1.23. The molecule has 2 aromatic rings. The molecule has 3 rings (SSSR count). The van der Waals surface area contributed by atoms with Gasteiger partial charge in [0.2, 0.25) is 0 Å². The number of rotatable bonds is 6. The molecule has 4 heteroatoms. The maximum atomic E-state index is 5.19. The van der Waals surface area contributed by atoms with Gasteiger partial charge in [0, 0.05) is 31.1 Å². The summed E-state index contributed by atoms with van der Waals surface area (Å²) in [6, 6.07) is 12.6. The Balaban J connectivity index is 1.44. The van der Waals surface area contributed by atoms with Crippen molar-refractivity contribution in [3.8, 4) is 5.75 Å². The average molecular weight is 343 g/mol. The first kappa shape index (κ1) is 17.2. The first-order valence-corrected chi connectivity index (χ1v) is 9.49. The van der Waals surface area contributed by atoms with Crippen LogP contribution >= 0.6 is 11.3 Å². The lowest BCUT2D eigenvalue weighted by Gasteiger charge is -2.20. The molecule has 1 fully saturated rings. The van der Waals surface area contributed by atoms with E-state index in [0.717, 1.165) is 31.9 Å². The summed E-state index contributed by atoms with van der Waals surface area (Å²) in [6.45, 7) is 6.84. The van der Waals surface area contributed by atoms with E-state index in [-0.39, 0.29) is 0 Å². The Bertz CT molecular complexity index is 622. The molecule has 24 heavy (non-hydrogen) atoms. The van der Waals surface area contributed by atoms with Crippen LogP contribution in [0.2, 0.25) is 0 Å². The summed E-state index contributed by atoms with van der Waals surface area (Å²) in [6.07, 6.45) is 5.73. The van der Waals surface area contributed by atoms with Gasteiger partial charge in [0.15, 0.2) is 0 Å². The van der Waals surface area contributed by atoms with Crippen LogP contribution in [-0.2, 0) is 6.54 Å². The monoisotopic (exact) mass is 342 g/mol. The minimum atomic E-state index is 0.908. The number of methoxy groups -OCH3 is 1. The first-order valence-electron chi connectivity index (χ1n) is 8.61. The number of hydrogen-bond acceptors (Lipinski definition) is 4. The van der Waals surface area contributed by atoms with Crippen LogP contribution in [-0.4, -0.2) is 49.6 Å². The van der Waals surface area contributed by atoms with E-state index in [1.54, 1.807) is 7.11 Å². The highest BCUT2D eigenvalue weighted by atomic mass is 32.1. The van der Waals surface area contributed by atoms with Crippen molar-refractivity contribution in [1.29, 1.82) is 0 Å². The van der Waals surface area contributed by atoms with Gasteiger partial charge < -0.3 is 4.74 Å². The van der Waals surface area contributed by atoms with Gasteiger partial charge in [-0.05, 0) is 48.7 Å². The van der Waals surface area contributed by atoms with Crippen molar-refractivity contribution in [3.63, 3.8) is 0 Å². The Morgan fingerprint density at radius 1 is 1.04 bits per heavy atom. The van der Waals surface area contributed by atoms with Gasteiger partial charge in [-0.1, -0.05) is 30.4 Å². The highest BCUT2D eigenvalue weighted by Gasteiger charge is 2.14. The molecule has 0 bridgehead atoms. The lowest BCUT2D eigenvalue weighted by molar-refractivity contribution is 0.264. The standard InChI is InChI=1S/C20H26N2OS/c1-23-19-9-7-18(8-10-19)5-2-11-21-12-4-13-22(15-14-21)17-20-6-3-16-24-20/h2-3,5-10,16H,4,11-15,17H2,1H3. The average Bonchev–Trinajstić information content (AvgIpc) is 3.02. The largest absolute Gasteiger partial charge is 0.497 e. The fourth-order valence-electron chi connectivity index (χ4n) is 3.04. The number of benzene rings is 1. The highest BCUT2D eigenvalue weighted by Crippen LogP contribution is 2.14. The van der Waals surface area contributed by atoms with Gasteiger partial charge in [-0.2, -0.15) is 0 Å². The molecule has 0 spiro atoms. The molecule has 1 aliphatic heterocycles. The van der Waals surface area contributed by atoms with Crippen LogP contribution in [0.4, 0.5) is 0 Å². The van der Waals surface area contributed by atoms with Crippen LogP contribution in [0.3, 0.4) is 0 Å². The first-order chi connectivity index (χ1) is 11.8. The molecule has 0 N–H and O–H groups in total. The molecule has 0 saturated carbocycles. The second-order valence-corrected chi connectivity index (χ2v) is 7.22. The zero-order chi connectivity index (χ0) is 16.6. The minimum absolute atomic E-state index is 0.908. The number of ether oxygens (including phenoxy) is 1. The predicted octanol–water partition coefficient (Wildman–Crippen LogP) is 3.98. The molecule has 0 unspecified atom stereocenters. The molecular formula is C20H26N2OS. The summed E-state index contributed by atoms with van der Waals surface area (Å²) < 4.78 is 5.19. The molecule has 1 aromatic heterocycles. The second-order valence-electron chi connectivity index (χ2n) is 6.19. The van der Waals surface area contributed by atoms with E-state index in [1.807, 2.05) is 23.5 Å². The van der Waals surface area contributed by atoms with Gasteiger partial charge in [0.05, 0.1) is 7.11 Å². The van der Waals surface area contributed by atoms with Gasteiger partial charge >= 0.3 is 0 Å². The van der Waals surface area contributed by atoms with Crippen molar-refractivity contribution >= 4 is 17.4 Å². The fourth-order valence-corrected chi connectivity index (χ4v) is 3.79. The maximum absolute atomic E-state index is 5.19. The Morgan fingerprint density at radius 3 is 2.58 bits per heavy atom. The van der Waals surface area contributed by atoms with Crippen molar-refractivity contribution < 1.29 is 4.74 Å². The van der Waals surface area contributed by atoms with Crippen molar-refractivity contribution in [2.24, 2.45) is 0 Å². The minimum Gasteiger partial charge on any atom is -0.497 e. The Kier molecular flexibility index (Phi) is 6.47. The zero-order valence-electron chi connectivity index (χ0n) is 14.4. The molecule has 1 aliphatic rings. The van der Waals surface area contributed by atoms with Crippen LogP contribution in [0.25, 0.3) is 6.08 Å². The smallest absolute Gasteiger partial charge is 0.118 e. The van der Waals surface area contributed by atoms with Crippen LogP contribution in [0.1, 0.15) is 16.9 Å². The summed E-state index contributed by atoms with van der Waals surface area (Å²) in [5, 5.41) is 2.17. The van der Waals surface area contributed by atoms with Crippen LogP contribution in [0.15, 0.2) is 47.9 Å². The summed E-state index contributed by atoms with van der Waals surface area (Å²) >= 11 is 1.86. The van der Waals surface area contributed by atoms with E-state index < -0.39 is 0 Å². The molecule has 0 amide bonds. The van der Waals surface area contributed by atoms with E-state index in [9.17, 15) is 0 Å². The Hall–Kier alpha value is -1.62. The third-order valence-corrected chi connectivity index (χ3v) is 5.29. The molecule has 1 aromatic carbocycles. The third-order valence-electron chi connectivity index (χ3n) is 4.43. The third kappa shape index (κ3) is 5.20. The Labute approximate surface area is 149 Å².